The Morgan fingerprint density at radius 3 is 2.17 bits per heavy atom. The van der Waals surface area contributed by atoms with Crippen molar-refractivity contribution in [2.75, 3.05) is 19.6 Å². The molecule has 2 heterocycles. The number of rotatable bonds is 7. The zero-order chi connectivity index (χ0) is 20.1. The summed E-state index contributed by atoms with van der Waals surface area (Å²) >= 11 is 0. The normalized spacial score (nSPS) is 15.5. The van der Waals surface area contributed by atoms with Crippen molar-refractivity contribution < 1.29 is 0 Å². The van der Waals surface area contributed by atoms with Gasteiger partial charge in [-0.15, -0.1) is 17.5 Å². The van der Waals surface area contributed by atoms with Gasteiger partial charge in [-0.1, -0.05) is 61.9 Å². The number of likely N-dealkylation sites (tertiary alicyclic amines) is 1. The van der Waals surface area contributed by atoms with Crippen molar-refractivity contribution in [1.29, 1.82) is 0 Å². The first-order valence-electron chi connectivity index (χ1n) is 10.8. The van der Waals surface area contributed by atoms with Gasteiger partial charge in [0.2, 0.25) is 0 Å². The number of benzene rings is 2. The van der Waals surface area contributed by atoms with Crippen molar-refractivity contribution in [1.82, 2.24) is 19.2 Å². The van der Waals surface area contributed by atoms with E-state index in [9.17, 15) is 4.79 Å². The Morgan fingerprint density at radius 1 is 0.900 bits per heavy atom. The summed E-state index contributed by atoms with van der Waals surface area (Å²) in [6, 6.07) is 20.2. The van der Waals surface area contributed by atoms with Crippen LogP contribution in [0.1, 0.15) is 49.9 Å². The molecule has 0 saturated carbocycles. The van der Waals surface area contributed by atoms with Crippen molar-refractivity contribution in [3.05, 3.63) is 82.5 Å². The molecule has 0 amide bonds. The molecule has 30 heavy (non-hydrogen) atoms. The van der Waals surface area contributed by atoms with Gasteiger partial charge in [-0.05, 0) is 50.0 Å². The Balaban J connectivity index is 0.00000256. The quantitative estimate of drug-likeness (QED) is 0.559. The second-order valence-electron chi connectivity index (χ2n) is 7.81. The second kappa shape index (κ2) is 10.6. The van der Waals surface area contributed by atoms with Gasteiger partial charge in [0.1, 0.15) is 5.82 Å². The fourth-order valence-electron chi connectivity index (χ4n) is 4.29. The van der Waals surface area contributed by atoms with Gasteiger partial charge >= 0.3 is 5.69 Å². The van der Waals surface area contributed by atoms with E-state index in [0.29, 0.717) is 6.54 Å². The van der Waals surface area contributed by atoms with Crippen LogP contribution in [0.15, 0.2) is 65.5 Å². The number of nitrogens with zero attached hydrogens (tertiary/aromatic N) is 4. The fraction of sp³-hybridized carbons (Fsp3) is 0.417. The standard InChI is InChI=1S/C24H30N4O.ClH/c1-2-22(20-12-6-3-7-13-20)23-25-28(21-14-8-4-9-15-21)24(29)27(23)19-18-26-16-10-5-11-17-26;/h3-4,6-9,12-15,22H,2,5,10-11,16-19H2,1H3;1H. The van der Waals surface area contributed by atoms with E-state index in [-0.39, 0.29) is 24.0 Å². The van der Waals surface area contributed by atoms with E-state index < -0.39 is 0 Å². The molecule has 6 heteroatoms. The molecule has 0 bridgehead atoms. The van der Waals surface area contributed by atoms with Crippen LogP contribution in [-0.4, -0.2) is 38.9 Å². The van der Waals surface area contributed by atoms with Crippen LogP contribution in [0.5, 0.6) is 0 Å². The van der Waals surface area contributed by atoms with Crippen molar-refractivity contribution in [2.24, 2.45) is 0 Å². The minimum Gasteiger partial charge on any atom is -0.302 e. The van der Waals surface area contributed by atoms with E-state index in [1.54, 1.807) is 4.68 Å². The summed E-state index contributed by atoms with van der Waals surface area (Å²) in [6.07, 6.45) is 4.73. The molecule has 1 aliphatic rings. The Kier molecular flexibility index (Phi) is 7.88. The molecule has 2 aromatic carbocycles. The lowest BCUT2D eigenvalue weighted by Gasteiger charge is -2.26. The molecular formula is C24H31ClN4O. The SMILES string of the molecule is CCC(c1ccccc1)c1nn(-c2ccccc2)c(=O)n1CCN1CCCCC1.Cl. The third-order valence-electron chi connectivity index (χ3n) is 5.90. The first-order valence-corrected chi connectivity index (χ1v) is 10.8. The van der Waals surface area contributed by atoms with E-state index in [0.717, 1.165) is 37.6 Å². The molecule has 5 nitrogen and oxygen atoms in total. The van der Waals surface area contributed by atoms with Crippen LogP contribution in [-0.2, 0) is 6.54 Å². The molecule has 0 aliphatic carbocycles. The summed E-state index contributed by atoms with van der Waals surface area (Å²) in [4.78, 5) is 15.8. The Morgan fingerprint density at radius 2 is 1.53 bits per heavy atom. The lowest BCUT2D eigenvalue weighted by molar-refractivity contribution is 0.219. The monoisotopic (exact) mass is 426 g/mol. The van der Waals surface area contributed by atoms with Gasteiger partial charge in [0.05, 0.1) is 5.69 Å². The average Bonchev–Trinajstić information content (AvgIpc) is 3.11. The van der Waals surface area contributed by atoms with Gasteiger partial charge in [0.15, 0.2) is 0 Å². The molecule has 4 rings (SSSR count). The summed E-state index contributed by atoms with van der Waals surface area (Å²) in [5.41, 5.74) is 1.98. The van der Waals surface area contributed by atoms with Crippen LogP contribution >= 0.6 is 12.4 Å². The topological polar surface area (TPSA) is 43.1 Å². The molecule has 1 fully saturated rings. The summed E-state index contributed by atoms with van der Waals surface area (Å²) in [6.45, 7) is 6.02. The molecule has 0 N–H and O–H groups in total. The number of piperidine rings is 1. The number of aromatic nitrogens is 3. The lowest BCUT2D eigenvalue weighted by atomic mass is 9.95. The molecule has 0 radical (unpaired) electrons. The molecule has 160 valence electrons. The summed E-state index contributed by atoms with van der Waals surface area (Å²) in [5.74, 6) is 0.972. The Hall–Kier alpha value is -2.37. The van der Waals surface area contributed by atoms with Gasteiger partial charge in [0, 0.05) is 19.0 Å². The number of halogens is 1. The third-order valence-corrected chi connectivity index (χ3v) is 5.90. The minimum atomic E-state index is -0.0439. The number of hydrogen-bond acceptors (Lipinski definition) is 3. The molecule has 1 atom stereocenters. The molecule has 1 unspecified atom stereocenters. The van der Waals surface area contributed by atoms with Crippen LogP contribution in [0, 0.1) is 0 Å². The van der Waals surface area contributed by atoms with Crippen LogP contribution < -0.4 is 5.69 Å². The summed E-state index contributed by atoms with van der Waals surface area (Å²) in [5, 5.41) is 4.84. The van der Waals surface area contributed by atoms with E-state index in [1.807, 2.05) is 41.0 Å². The van der Waals surface area contributed by atoms with Gasteiger partial charge in [0.25, 0.3) is 0 Å². The highest BCUT2D eigenvalue weighted by molar-refractivity contribution is 5.85. The predicted molar refractivity (Wildman–Crippen MR) is 124 cm³/mol. The van der Waals surface area contributed by atoms with E-state index in [4.69, 9.17) is 5.10 Å². The molecule has 3 aromatic rings. The zero-order valence-corrected chi connectivity index (χ0v) is 18.4. The maximum absolute atomic E-state index is 13.4. The Labute approximate surface area is 184 Å². The molecule has 0 spiro atoms. The Bertz CT molecular complexity index is 962. The highest BCUT2D eigenvalue weighted by Crippen LogP contribution is 2.26. The van der Waals surface area contributed by atoms with Gasteiger partial charge < -0.3 is 4.90 Å². The van der Waals surface area contributed by atoms with Gasteiger partial charge in [-0.25, -0.2) is 4.79 Å². The van der Waals surface area contributed by atoms with E-state index in [2.05, 4.69) is 36.1 Å². The maximum Gasteiger partial charge on any atom is 0.350 e. The first-order chi connectivity index (χ1) is 14.3. The molecule has 1 aliphatic heterocycles. The highest BCUT2D eigenvalue weighted by Gasteiger charge is 2.23. The maximum atomic E-state index is 13.4. The van der Waals surface area contributed by atoms with Crippen LogP contribution in [0.3, 0.4) is 0 Å². The minimum absolute atomic E-state index is 0. The zero-order valence-electron chi connectivity index (χ0n) is 17.6. The summed E-state index contributed by atoms with van der Waals surface area (Å²) < 4.78 is 3.47. The largest absolute Gasteiger partial charge is 0.350 e. The van der Waals surface area contributed by atoms with Crippen LogP contribution in [0.4, 0.5) is 0 Å². The van der Waals surface area contributed by atoms with Crippen molar-refractivity contribution in [2.45, 2.75) is 45.1 Å². The average molecular weight is 427 g/mol. The van der Waals surface area contributed by atoms with Gasteiger partial charge in [-0.2, -0.15) is 4.68 Å². The van der Waals surface area contributed by atoms with Crippen LogP contribution in [0.25, 0.3) is 5.69 Å². The second-order valence-corrected chi connectivity index (χ2v) is 7.81. The van der Waals surface area contributed by atoms with Crippen LogP contribution in [0.2, 0.25) is 0 Å². The van der Waals surface area contributed by atoms with Crippen molar-refractivity contribution in [3.63, 3.8) is 0 Å². The van der Waals surface area contributed by atoms with Gasteiger partial charge in [-0.3, -0.25) is 4.57 Å². The third kappa shape index (κ3) is 4.85. The molecule has 1 saturated heterocycles. The summed E-state index contributed by atoms with van der Waals surface area (Å²) in [7, 11) is 0. The van der Waals surface area contributed by atoms with Crippen molar-refractivity contribution >= 4 is 12.4 Å². The van der Waals surface area contributed by atoms with E-state index >= 15 is 0 Å². The fourth-order valence-corrected chi connectivity index (χ4v) is 4.29. The molecule has 1 aromatic heterocycles. The number of para-hydroxylation sites is 1. The predicted octanol–water partition coefficient (Wildman–Crippen LogP) is 4.48. The first kappa shape index (κ1) is 22.3. The highest BCUT2D eigenvalue weighted by atomic mass is 35.5. The smallest absolute Gasteiger partial charge is 0.302 e. The van der Waals surface area contributed by atoms with E-state index in [1.165, 1.54) is 24.8 Å². The number of hydrogen-bond donors (Lipinski definition) is 0. The lowest BCUT2D eigenvalue weighted by Crippen LogP contribution is -2.35. The molecular weight excluding hydrogens is 396 g/mol. The van der Waals surface area contributed by atoms with Crippen molar-refractivity contribution in [3.8, 4) is 5.69 Å².